The highest BCUT2D eigenvalue weighted by Gasteiger charge is 2.38. The molecular weight excluding hydrogens is 315 g/mol. The molecule has 0 saturated heterocycles. The van der Waals surface area contributed by atoms with Crippen molar-refractivity contribution < 1.29 is 21.6 Å². The van der Waals surface area contributed by atoms with Gasteiger partial charge in [-0.1, -0.05) is 12.1 Å². The Bertz CT molecular complexity index is 570. The molecule has 20 heavy (non-hydrogen) atoms. The molecule has 0 unspecified atom stereocenters. The molecule has 8 heteroatoms. The van der Waals surface area contributed by atoms with Crippen molar-refractivity contribution in [3.05, 3.63) is 29.8 Å². The molecule has 1 aromatic carbocycles. The molecule has 0 aliphatic heterocycles. The summed E-state index contributed by atoms with van der Waals surface area (Å²) in [5.41, 5.74) is -2.12. The van der Waals surface area contributed by atoms with Crippen molar-refractivity contribution in [2.75, 3.05) is 5.88 Å². The van der Waals surface area contributed by atoms with Crippen molar-refractivity contribution in [3.8, 4) is 0 Å². The van der Waals surface area contributed by atoms with Gasteiger partial charge in [0.25, 0.3) is 0 Å². The van der Waals surface area contributed by atoms with E-state index in [2.05, 4.69) is 4.72 Å². The van der Waals surface area contributed by atoms with Crippen LogP contribution in [0.5, 0.6) is 0 Å². The Kier molecular flexibility index (Phi) is 5.10. The highest BCUT2D eigenvalue weighted by Crippen LogP contribution is 2.34. The second-order valence-electron chi connectivity index (χ2n) is 4.92. The Morgan fingerprint density at radius 3 is 2.25 bits per heavy atom. The van der Waals surface area contributed by atoms with E-state index in [1.165, 1.54) is 6.07 Å². The van der Waals surface area contributed by atoms with Gasteiger partial charge in [-0.05, 0) is 32.4 Å². The van der Waals surface area contributed by atoms with E-state index in [1.807, 2.05) is 0 Å². The molecule has 0 atom stereocenters. The third kappa shape index (κ3) is 4.36. The predicted molar refractivity (Wildman–Crippen MR) is 71.2 cm³/mol. The molecule has 0 saturated carbocycles. The minimum absolute atomic E-state index is 0.191. The number of hydrogen-bond donors (Lipinski definition) is 1. The van der Waals surface area contributed by atoms with Gasteiger partial charge in [-0.15, -0.1) is 11.6 Å². The summed E-state index contributed by atoms with van der Waals surface area (Å²) in [6.45, 7) is 3.12. The highest BCUT2D eigenvalue weighted by atomic mass is 35.5. The summed E-state index contributed by atoms with van der Waals surface area (Å²) < 4.78 is 65.1. The van der Waals surface area contributed by atoms with Crippen LogP contribution in [0.4, 0.5) is 13.2 Å². The van der Waals surface area contributed by atoms with Gasteiger partial charge in [-0.3, -0.25) is 0 Å². The minimum Gasteiger partial charge on any atom is -0.207 e. The first kappa shape index (κ1) is 17.3. The van der Waals surface area contributed by atoms with E-state index in [0.29, 0.717) is 6.42 Å². The second kappa shape index (κ2) is 5.91. The Morgan fingerprint density at radius 2 is 1.75 bits per heavy atom. The number of hydrogen-bond acceptors (Lipinski definition) is 2. The van der Waals surface area contributed by atoms with Crippen molar-refractivity contribution in [1.29, 1.82) is 0 Å². The summed E-state index contributed by atoms with van der Waals surface area (Å²) >= 11 is 5.55. The molecule has 0 spiro atoms. The molecule has 0 fully saturated rings. The monoisotopic (exact) mass is 329 g/mol. The third-order valence-corrected chi connectivity index (χ3v) is 4.56. The molecule has 0 aliphatic carbocycles. The topological polar surface area (TPSA) is 46.2 Å². The van der Waals surface area contributed by atoms with Gasteiger partial charge in [0.2, 0.25) is 10.0 Å². The Hall–Kier alpha value is -0.790. The first-order valence-corrected chi connectivity index (χ1v) is 7.77. The summed E-state index contributed by atoms with van der Waals surface area (Å²) in [4.78, 5) is -0.782. The van der Waals surface area contributed by atoms with Crippen LogP contribution in [0.25, 0.3) is 0 Å². The summed E-state index contributed by atoms with van der Waals surface area (Å²) in [5.74, 6) is 0.191. The van der Waals surface area contributed by atoms with Crippen molar-refractivity contribution in [3.63, 3.8) is 0 Å². The summed E-state index contributed by atoms with van der Waals surface area (Å²) in [6, 6.07) is 4.06. The molecule has 1 N–H and O–H groups in total. The van der Waals surface area contributed by atoms with Crippen LogP contribution in [0.3, 0.4) is 0 Å². The smallest absolute Gasteiger partial charge is 0.207 e. The Morgan fingerprint density at radius 1 is 1.20 bits per heavy atom. The van der Waals surface area contributed by atoms with Crippen LogP contribution in [0, 0.1) is 0 Å². The van der Waals surface area contributed by atoms with E-state index < -0.39 is 32.2 Å². The molecule has 0 radical (unpaired) electrons. The first-order valence-electron chi connectivity index (χ1n) is 5.76. The maximum Gasteiger partial charge on any atom is 0.417 e. The van der Waals surface area contributed by atoms with E-state index in [-0.39, 0.29) is 5.88 Å². The van der Waals surface area contributed by atoms with E-state index in [9.17, 15) is 21.6 Å². The van der Waals surface area contributed by atoms with Crippen LogP contribution in [0.15, 0.2) is 29.2 Å². The molecule has 114 valence electrons. The predicted octanol–water partition coefficient (Wildman–Crippen LogP) is 3.39. The quantitative estimate of drug-likeness (QED) is 0.842. The van der Waals surface area contributed by atoms with Gasteiger partial charge < -0.3 is 0 Å². The van der Waals surface area contributed by atoms with E-state index in [1.54, 1.807) is 13.8 Å². The zero-order valence-electron chi connectivity index (χ0n) is 11.0. The van der Waals surface area contributed by atoms with Gasteiger partial charge >= 0.3 is 6.18 Å². The lowest BCUT2D eigenvalue weighted by Crippen LogP contribution is -2.44. The van der Waals surface area contributed by atoms with Crippen molar-refractivity contribution >= 4 is 21.6 Å². The fraction of sp³-hybridized carbons (Fsp3) is 0.500. The van der Waals surface area contributed by atoms with E-state index >= 15 is 0 Å². The number of sulfonamides is 1. The van der Waals surface area contributed by atoms with Crippen LogP contribution < -0.4 is 4.72 Å². The van der Waals surface area contributed by atoms with Crippen LogP contribution in [0.1, 0.15) is 25.8 Å². The summed E-state index contributed by atoms with van der Waals surface area (Å²) in [6.07, 6.45) is -4.44. The lowest BCUT2D eigenvalue weighted by molar-refractivity contribution is -0.139. The average Bonchev–Trinajstić information content (AvgIpc) is 2.26. The maximum atomic E-state index is 12.8. The van der Waals surface area contributed by atoms with Crippen LogP contribution >= 0.6 is 11.6 Å². The van der Waals surface area contributed by atoms with Gasteiger partial charge in [0.05, 0.1) is 10.5 Å². The standard InChI is InChI=1S/C12H15ClF3NO2S/c1-11(2,7-8-13)17-20(18,19)10-6-4-3-5-9(10)12(14,15)16/h3-6,17H,7-8H2,1-2H3. The average molecular weight is 330 g/mol. The molecule has 1 aromatic rings. The van der Waals surface area contributed by atoms with Crippen molar-refractivity contribution in [2.45, 2.75) is 36.9 Å². The molecule has 0 amide bonds. The van der Waals surface area contributed by atoms with Gasteiger partial charge in [0, 0.05) is 11.4 Å². The molecule has 0 bridgehead atoms. The molecule has 0 aliphatic rings. The van der Waals surface area contributed by atoms with Gasteiger partial charge in [0.1, 0.15) is 0 Å². The lowest BCUT2D eigenvalue weighted by atomic mass is 10.0. The van der Waals surface area contributed by atoms with Crippen molar-refractivity contribution in [2.24, 2.45) is 0 Å². The van der Waals surface area contributed by atoms with Crippen molar-refractivity contribution in [1.82, 2.24) is 4.72 Å². The Labute approximate surface area is 121 Å². The third-order valence-electron chi connectivity index (χ3n) is 2.61. The number of halogens is 4. The van der Waals surface area contributed by atoms with Crippen LogP contribution in [0.2, 0.25) is 0 Å². The zero-order chi connectivity index (χ0) is 15.6. The zero-order valence-corrected chi connectivity index (χ0v) is 12.5. The highest BCUT2D eigenvalue weighted by molar-refractivity contribution is 7.89. The number of rotatable bonds is 5. The van der Waals surface area contributed by atoms with Crippen LogP contribution in [-0.4, -0.2) is 19.8 Å². The molecule has 0 aromatic heterocycles. The SMILES string of the molecule is CC(C)(CCCl)NS(=O)(=O)c1ccccc1C(F)(F)F. The number of nitrogens with one attached hydrogen (secondary N) is 1. The Balaban J connectivity index is 3.24. The van der Waals surface area contributed by atoms with Crippen LogP contribution in [-0.2, 0) is 16.2 Å². The fourth-order valence-electron chi connectivity index (χ4n) is 1.64. The van der Waals surface area contributed by atoms with E-state index in [4.69, 9.17) is 11.6 Å². The largest absolute Gasteiger partial charge is 0.417 e. The fourth-order valence-corrected chi connectivity index (χ4v) is 3.78. The number of alkyl halides is 4. The van der Waals surface area contributed by atoms with E-state index in [0.717, 1.165) is 18.2 Å². The summed E-state index contributed by atoms with van der Waals surface area (Å²) in [5, 5.41) is 0. The second-order valence-corrected chi connectivity index (χ2v) is 6.95. The van der Waals surface area contributed by atoms with Gasteiger partial charge in [0.15, 0.2) is 0 Å². The summed E-state index contributed by atoms with van der Waals surface area (Å²) in [7, 11) is -4.28. The van der Waals surface area contributed by atoms with Gasteiger partial charge in [-0.2, -0.15) is 13.2 Å². The first-order chi connectivity index (χ1) is 8.99. The normalized spacial score (nSPS) is 13.5. The molecular formula is C12H15ClF3NO2S. The lowest BCUT2D eigenvalue weighted by Gasteiger charge is -2.25. The molecule has 0 heterocycles. The van der Waals surface area contributed by atoms with Gasteiger partial charge in [-0.25, -0.2) is 13.1 Å². The molecule has 3 nitrogen and oxygen atoms in total. The number of benzene rings is 1. The maximum absolute atomic E-state index is 12.8. The minimum atomic E-state index is -4.73. The molecule has 1 rings (SSSR count).